The minimum Gasteiger partial charge on any atom is -0.465 e. The van der Waals surface area contributed by atoms with Crippen LogP contribution < -0.4 is 0 Å². The second-order valence-electron chi connectivity index (χ2n) is 5.39. The Labute approximate surface area is 127 Å². The summed E-state index contributed by atoms with van der Waals surface area (Å²) in [6, 6.07) is 0. The maximum Gasteiger partial charge on any atom is 0.246 e. The van der Waals surface area contributed by atoms with E-state index in [1.807, 2.05) is 25.9 Å². The Morgan fingerprint density at radius 2 is 1.71 bits per heavy atom. The van der Waals surface area contributed by atoms with Gasteiger partial charge in [-0.05, 0) is 34.4 Å². The standard InChI is InChI=1S/C14H26N2O4S/c1-6-7-16(9-8-15(4)5)21(18,19)14-12(3)20-11(2)13(14)10-17/h17H,6-10H2,1-5H3. The molecular weight excluding hydrogens is 292 g/mol. The molecule has 0 bridgehead atoms. The van der Waals surface area contributed by atoms with Crippen molar-refractivity contribution < 1.29 is 17.9 Å². The number of furan rings is 1. The Kier molecular flexibility index (Phi) is 6.40. The lowest BCUT2D eigenvalue weighted by Crippen LogP contribution is -2.37. The molecule has 6 nitrogen and oxygen atoms in total. The summed E-state index contributed by atoms with van der Waals surface area (Å²) in [6.45, 7) is 6.40. The van der Waals surface area contributed by atoms with Crippen molar-refractivity contribution in [3.8, 4) is 0 Å². The van der Waals surface area contributed by atoms with Gasteiger partial charge in [0.25, 0.3) is 0 Å². The molecule has 1 N–H and O–H groups in total. The first-order valence-corrected chi connectivity index (χ1v) is 8.54. The van der Waals surface area contributed by atoms with Crippen LogP contribution in [0.5, 0.6) is 0 Å². The summed E-state index contributed by atoms with van der Waals surface area (Å²) in [6.07, 6.45) is 0.733. The van der Waals surface area contributed by atoms with Gasteiger partial charge in [-0.3, -0.25) is 0 Å². The zero-order valence-corrected chi connectivity index (χ0v) is 14.3. The number of aliphatic hydroxyl groups is 1. The van der Waals surface area contributed by atoms with Crippen LogP contribution in [-0.2, 0) is 16.6 Å². The summed E-state index contributed by atoms with van der Waals surface area (Å²) in [5, 5.41) is 9.45. The van der Waals surface area contributed by atoms with Crippen LogP contribution in [0.2, 0.25) is 0 Å². The van der Waals surface area contributed by atoms with Gasteiger partial charge in [0.15, 0.2) is 0 Å². The molecule has 0 spiro atoms. The third-order valence-electron chi connectivity index (χ3n) is 3.35. The minimum atomic E-state index is -3.66. The van der Waals surface area contributed by atoms with E-state index < -0.39 is 10.0 Å². The van der Waals surface area contributed by atoms with Gasteiger partial charge in [0.2, 0.25) is 10.0 Å². The van der Waals surface area contributed by atoms with Crippen LogP contribution in [0.25, 0.3) is 0 Å². The Balaban J connectivity index is 3.22. The first-order chi connectivity index (χ1) is 9.75. The van der Waals surface area contributed by atoms with Gasteiger partial charge in [0, 0.05) is 25.2 Å². The highest BCUT2D eigenvalue weighted by molar-refractivity contribution is 7.89. The zero-order chi connectivity index (χ0) is 16.2. The fourth-order valence-electron chi connectivity index (χ4n) is 2.27. The fraction of sp³-hybridized carbons (Fsp3) is 0.714. The van der Waals surface area contributed by atoms with Crippen LogP contribution in [0, 0.1) is 13.8 Å². The largest absolute Gasteiger partial charge is 0.465 e. The van der Waals surface area contributed by atoms with Crippen molar-refractivity contribution in [3.05, 3.63) is 17.1 Å². The van der Waals surface area contributed by atoms with Gasteiger partial charge >= 0.3 is 0 Å². The van der Waals surface area contributed by atoms with Crippen molar-refractivity contribution in [1.29, 1.82) is 0 Å². The number of aryl methyl sites for hydroxylation is 2. The first-order valence-electron chi connectivity index (χ1n) is 7.10. The third-order valence-corrected chi connectivity index (χ3v) is 5.45. The summed E-state index contributed by atoms with van der Waals surface area (Å²) in [4.78, 5) is 2.06. The van der Waals surface area contributed by atoms with Gasteiger partial charge in [-0.15, -0.1) is 0 Å². The maximum absolute atomic E-state index is 12.9. The lowest BCUT2D eigenvalue weighted by molar-refractivity contribution is 0.275. The van der Waals surface area contributed by atoms with E-state index in [9.17, 15) is 13.5 Å². The molecular formula is C14H26N2O4S. The topological polar surface area (TPSA) is 74.0 Å². The monoisotopic (exact) mass is 318 g/mol. The molecule has 0 saturated heterocycles. The Morgan fingerprint density at radius 1 is 1.10 bits per heavy atom. The molecule has 1 rings (SSSR count). The first kappa shape index (κ1) is 18.2. The van der Waals surface area contributed by atoms with E-state index in [4.69, 9.17) is 4.42 Å². The highest BCUT2D eigenvalue weighted by Crippen LogP contribution is 2.29. The molecule has 0 aliphatic carbocycles. The van der Waals surface area contributed by atoms with Crippen molar-refractivity contribution >= 4 is 10.0 Å². The molecule has 0 aliphatic rings. The molecule has 21 heavy (non-hydrogen) atoms. The van der Waals surface area contributed by atoms with Gasteiger partial charge < -0.3 is 14.4 Å². The second-order valence-corrected chi connectivity index (χ2v) is 7.26. The SMILES string of the molecule is CCCN(CCN(C)C)S(=O)(=O)c1c(C)oc(C)c1CO. The maximum atomic E-state index is 12.9. The van der Waals surface area contributed by atoms with Crippen LogP contribution in [0.3, 0.4) is 0 Å². The average Bonchev–Trinajstić information content (AvgIpc) is 2.68. The van der Waals surface area contributed by atoms with Crippen molar-refractivity contribution in [1.82, 2.24) is 9.21 Å². The van der Waals surface area contributed by atoms with Gasteiger partial charge in [-0.2, -0.15) is 4.31 Å². The lowest BCUT2D eigenvalue weighted by Gasteiger charge is -2.23. The van der Waals surface area contributed by atoms with Crippen LogP contribution in [-0.4, -0.2) is 56.5 Å². The van der Waals surface area contributed by atoms with E-state index in [-0.39, 0.29) is 11.5 Å². The number of nitrogens with zero attached hydrogens (tertiary/aromatic N) is 2. The molecule has 0 fully saturated rings. The quantitative estimate of drug-likeness (QED) is 0.783. The predicted octanol–water partition coefficient (Wildman–Crippen LogP) is 1.35. The highest BCUT2D eigenvalue weighted by atomic mass is 32.2. The molecule has 7 heteroatoms. The van der Waals surface area contributed by atoms with Crippen LogP contribution in [0.4, 0.5) is 0 Å². The molecule has 0 saturated carbocycles. The molecule has 1 aromatic heterocycles. The summed E-state index contributed by atoms with van der Waals surface area (Å²) >= 11 is 0. The molecule has 1 heterocycles. The Morgan fingerprint density at radius 3 is 2.19 bits per heavy atom. The molecule has 0 atom stereocenters. The smallest absolute Gasteiger partial charge is 0.246 e. The summed E-state index contributed by atoms with van der Waals surface area (Å²) < 4.78 is 32.6. The molecule has 122 valence electrons. The van der Waals surface area contributed by atoms with Crippen LogP contribution in [0.15, 0.2) is 9.31 Å². The number of sulfonamides is 1. The van der Waals surface area contributed by atoms with Crippen molar-refractivity contribution in [2.45, 2.75) is 38.7 Å². The van der Waals surface area contributed by atoms with E-state index >= 15 is 0 Å². The third kappa shape index (κ3) is 4.06. The van der Waals surface area contributed by atoms with E-state index in [1.165, 1.54) is 4.31 Å². The lowest BCUT2D eigenvalue weighted by atomic mass is 10.2. The van der Waals surface area contributed by atoms with Gasteiger partial charge in [-0.25, -0.2) is 8.42 Å². The average molecular weight is 318 g/mol. The summed E-state index contributed by atoms with van der Waals surface area (Å²) in [7, 11) is 0.153. The van der Waals surface area contributed by atoms with E-state index in [0.717, 1.165) is 6.42 Å². The van der Waals surface area contributed by atoms with Gasteiger partial charge in [-0.1, -0.05) is 6.92 Å². The molecule has 1 aromatic rings. The van der Waals surface area contributed by atoms with Crippen LogP contribution in [0.1, 0.15) is 30.4 Å². The fourth-order valence-corrected chi connectivity index (χ4v) is 4.20. The van der Waals surface area contributed by atoms with Crippen molar-refractivity contribution in [2.75, 3.05) is 33.7 Å². The second kappa shape index (κ2) is 7.40. The molecule has 0 aliphatic heterocycles. The number of aliphatic hydroxyl groups excluding tert-OH is 1. The molecule has 0 aromatic carbocycles. The minimum absolute atomic E-state index is 0.120. The number of hydrogen-bond acceptors (Lipinski definition) is 5. The van der Waals surface area contributed by atoms with E-state index in [1.54, 1.807) is 13.8 Å². The number of rotatable bonds is 8. The highest BCUT2D eigenvalue weighted by Gasteiger charge is 2.31. The summed E-state index contributed by atoms with van der Waals surface area (Å²) in [5.41, 5.74) is 0.360. The zero-order valence-electron chi connectivity index (χ0n) is 13.5. The van der Waals surface area contributed by atoms with Gasteiger partial charge in [0.1, 0.15) is 16.4 Å². The normalized spacial score (nSPS) is 12.6. The number of likely N-dealkylation sites (N-methyl/N-ethyl adjacent to an activating group) is 1. The van der Waals surface area contributed by atoms with Crippen LogP contribution >= 0.6 is 0 Å². The predicted molar refractivity (Wildman–Crippen MR) is 81.7 cm³/mol. The summed E-state index contributed by atoms with van der Waals surface area (Å²) in [5.74, 6) is 0.792. The van der Waals surface area contributed by atoms with E-state index in [0.29, 0.717) is 36.7 Å². The Bertz CT molecular complexity index is 564. The van der Waals surface area contributed by atoms with Crippen molar-refractivity contribution in [2.24, 2.45) is 0 Å². The Hall–Kier alpha value is -0.890. The molecule has 0 radical (unpaired) electrons. The number of hydrogen-bond donors (Lipinski definition) is 1. The van der Waals surface area contributed by atoms with E-state index in [2.05, 4.69) is 0 Å². The molecule has 0 unspecified atom stereocenters. The van der Waals surface area contributed by atoms with Crippen molar-refractivity contribution in [3.63, 3.8) is 0 Å². The van der Waals surface area contributed by atoms with Gasteiger partial charge in [0.05, 0.1) is 6.61 Å². The molecule has 0 amide bonds.